The van der Waals surface area contributed by atoms with Crippen LogP contribution in [0.5, 0.6) is 0 Å². The van der Waals surface area contributed by atoms with Gasteiger partial charge in [-0.05, 0) is 30.7 Å². The molecule has 2 atom stereocenters. The van der Waals surface area contributed by atoms with E-state index in [4.69, 9.17) is 5.11 Å². The van der Waals surface area contributed by atoms with Crippen LogP contribution in [0.4, 0.5) is 5.69 Å². The molecule has 0 aliphatic carbocycles. The number of carboxylic acid groups (broad SMARTS) is 1. The van der Waals surface area contributed by atoms with E-state index in [9.17, 15) is 22.8 Å². The Morgan fingerprint density at radius 3 is 2.52 bits per heavy atom. The predicted molar refractivity (Wildman–Crippen MR) is 88.5 cm³/mol. The SMILES string of the molecule is O=CCCC(=O)Nc1ccc(S(=O)(=O)N[C@@H]2CN[C@H](C(=O)O)C2)cc1. The van der Waals surface area contributed by atoms with E-state index in [0.717, 1.165) is 0 Å². The molecule has 1 aliphatic heterocycles. The number of benzene rings is 1. The summed E-state index contributed by atoms with van der Waals surface area (Å²) < 4.78 is 27.1. The maximum atomic E-state index is 12.3. The zero-order valence-corrected chi connectivity index (χ0v) is 14.1. The fraction of sp³-hybridized carbons (Fsp3) is 0.400. The van der Waals surface area contributed by atoms with Crippen molar-refractivity contribution in [3.63, 3.8) is 0 Å². The van der Waals surface area contributed by atoms with Crippen LogP contribution >= 0.6 is 0 Å². The summed E-state index contributed by atoms with van der Waals surface area (Å²) in [7, 11) is -3.79. The van der Waals surface area contributed by atoms with Gasteiger partial charge in [0, 0.05) is 31.1 Å². The Morgan fingerprint density at radius 2 is 1.96 bits per heavy atom. The molecule has 0 saturated carbocycles. The molecule has 4 N–H and O–H groups in total. The first-order valence-corrected chi connectivity index (χ1v) is 9.12. The molecule has 0 spiro atoms. The lowest BCUT2D eigenvalue weighted by atomic mass is 10.2. The Balaban J connectivity index is 1.97. The Morgan fingerprint density at radius 1 is 1.28 bits per heavy atom. The van der Waals surface area contributed by atoms with Gasteiger partial charge in [-0.15, -0.1) is 0 Å². The van der Waals surface area contributed by atoms with Crippen molar-refractivity contribution >= 4 is 33.9 Å². The van der Waals surface area contributed by atoms with Gasteiger partial charge >= 0.3 is 5.97 Å². The number of nitrogens with one attached hydrogen (secondary N) is 3. The van der Waals surface area contributed by atoms with Gasteiger partial charge in [-0.2, -0.15) is 0 Å². The van der Waals surface area contributed by atoms with E-state index < -0.39 is 28.1 Å². The summed E-state index contributed by atoms with van der Waals surface area (Å²) in [6.45, 7) is 0.237. The Bertz CT molecular complexity index is 747. The summed E-state index contributed by atoms with van der Waals surface area (Å²) in [5, 5.41) is 14.2. The number of sulfonamides is 1. The number of hydrogen-bond donors (Lipinski definition) is 4. The second-order valence-corrected chi connectivity index (χ2v) is 7.34. The van der Waals surface area contributed by atoms with Crippen LogP contribution in [-0.4, -0.2) is 50.3 Å². The molecule has 0 aromatic heterocycles. The first-order valence-electron chi connectivity index (χ1n) is 7.64. The van der Waals surface area contributed by atoms with Crippen molar-refractivity contribution in [3.05, 3.63) is 24.3 Å². The number of hydrogen-bond acceptors (Lipinski definition) is 6. The average Bonchev–Trinajstić information content (AvgIpc) is 3.01. The minimum absolute atomic E-state index is 0.0113. The van der Waals surface area contributed by atoms with E-state index in [1.165, 1.54) is 24.3 Å². The van der Waals surface area contributed by atoms with Crippen LogP contribution in [0.15, 0.2) is 29.2 Å². The highest BCUT2D eigenvalue weighted by atomic mass is 32.2. The Labute approximate surface area is 144 Å². The molecule has 136 valence electrons. The number of rotatable bonds is 8. The molecule has 1 amide bonds. The van der Waals surface area contributed by atoms with E-state index in [0.29, 0.717) is 12.0 Å². The third-order valence-electron chi connectivity index (χ3n) is 3.69. The summed E-state index contributed by atoms with van der Waals surface area (Å²) in [6, 6.07) is 4.30. The third kappa shape index (κ3) is 5.34. The van der Waals surface area contributed by atoms with Crippen molar-refractivity contribution in [1.82, 2.24) is 10.0 Å². The lowest BCUT2D eigenvalue weighted by Crippen LogP contribution is -2.36. The van der Waals surface area contributed by atoms with Gasteiger partial charge in [-0.3, -0.25) is 9.59 Å². The van der Waals surface area contributed by atoms with Gasteiger partial charge in [0.25, 0.3) is 0 Å². The lowest BCUT2D eigenvalue weighted by Gasteiger charge is -2.12. The molecule has 0 unspecified atom stereocenters. The molecule has 1 heterocycles. The quantitative estimate of drug-likeness (QED) is 0.461. The third-order valence-corrected chi connectivity index (χ3v) is 5.22. The summed E-state index contributed by atoms with van der Waals surface area (Å²) in [5.74, 6) is -1.35. The summed E-state index contributed by atoms with van der Waals surface area (Å²) in [6.07, 6.45) is 0.993. The zero-order chi connectivity index (χ0) is 18.4. The number of aliphatic carboxylic acids is 1. The molecular formula is C15H19N3O6S. The predicted octanol–water partition coefficient (Wildman–Crippen LogP) is -0.302. The molecule has 1 saturated heterocycles. The first kappa shape index (κ1) is 19.0. The molecule has 0 radical (unpaired) electrons. The van der Waals surface area contributed by atoms with Crippen molar-refractivity contribution < 1.29 is 27.9 Å². The molecule has 1 aromatic carbocycles. The van der Waals surface area contributed by atoms with Gasteiger partial charge < -0.3 is 20.5 Å². The van der Waals surface area contributed by atoms with E-state index >= 15 is 0 Å². The number of anilines is 1. The van der Waals surface area contributed by atoms with Crippen LogP contribution in [0.2, 0.25) is 0 Å². The van der Waals surface area contributed by atoms with Crippen molar-refractivity contribution in [1.29, 1.82) is 0 Å². The smallest absolute Gasteiger partial charge is 0.320 e. The normalized spacial score (nSPS) is 20.2. The van der Waals surface area contributed by atoms with Crippen LogP contribution in [0.1, 0.15) is 19.3 Å². The van der Waals surface area contributed by atoms with Crippen LogP contribution < -0.4 is 15.4 Å². The number of carboxylic acids is 1. The molecule has 10 heteroatoms. The molecule has 0 bridgehead atoms. The molecule has 2 rings (SSSR count). The van der Waals surface area contributed by atoms with E-state index in [-0.39, 0.29) is 36.6 Å². The van der Waals surface area contributed by atoms with Crippen LogP contribution in [0.25, 0.3) is 0 Å². The highest BCUT2D eigenvalue weighted by Crippen LogP contribution is 2.16. The Kier molecular flexibility index (Phi) is 6.23. The van der Waals surface area contributed by atoms with Gasteiger partial charge in [0.15, 0.2) is 0 Å². The fourth-order valence-corrected chi connectivity index (χ4v) is 3.68. The van der Waals surface area contributed by atoms with Crippen molar-refractivity contribution in [2.75, 3.05) is 11.9 Å². The van der Waals surface area contributed by atoms with Crippen molar-refractivity contribution in [3.8, 4) is 0 Å². The maximum absolute atomic E-state index is 12.3. The topological polar surface area (TPSA) is 142 Å². The molecule has 1 aliphatic rings. The summed E-state index contributed by atoms with van der Waals surface area (Å²) in [5.41, 5.74) is 0.420. The number of carbonyl (C=O) groups excluding carboxylic acids is 2. The van der Waals surface area contributed by atoms with Gasteiger partial charge in [0.05, 0.1) is 4.90 Å². The molecule has 1 fully saturated rings. The van der Waals surface area contributed by atoms with E-state index in [2.05, 4.69) is 15.4 Å². The van der Waals surface area contributed by atoms with Crippen molar-refractivity contribution in [2.45, 2.75) is 36.2 Å². The summed E-state index contributed by atoms with van der Waals surface area (Å²) in [4.78, 5) is 32.6. The van der Waals surface area contributed by atoms with Gasteiger partial charge in [-0.1, -0.05) is 0 Å². The minimum atomic E-state index is -3.79. The number of amides is 1. The first-order chi connectivity index (χ1) is 11.8. The maximum Gasteiger partial charge on any atom is 0.320 e. The summed E-state index contributed by atoms with van der Waals surface area (Å²) >= 11 is 0. The van der Waals surface area contributed by atoms with Crippen molar-refractivity contribution in [2.24, 2.45) is 0 Å². The van der Waals surface area contributed by atoms with Gasteiger partial charge in [0.1, 0.15) is 12.3 Å². The molecular weight excluding hydrogens is 350 g/mol. The zero-order valence-electron chi connectivity index (χ0n) is 13.3. The van der Waals surface area contributed by atoms with Gasteiger partial charge in [-0.25, -0.2) is 13.1 Å². The Hall–Kier alpha value is -2.30. The number of aldehydes is 1. The van der Waals surface area contributed by atoms with Gasteiger partial charge in [0.2, 0.25) is 15.9 Å². The van der Waals surface area contributed by atoms with Crippen LogP contribution in [0, 0.1) is 0 Å². The standard InChI is InChI=1S/C15H19N3O6S/c19-7-1-2-14(20)17-10-3-5-12(6-4-10)25(23,24)18-11-8-13(15(21)22)16-9-11/h3-7,11,13,16,18H,1-2,8-9H2,(H,17,20)(H,21,22)/t11-,13-/m0/s1. The van der Waals surface area contributed by atoms with E-state index in [1.54, 1.807) is 0 Å². The highest BCUT2D eigenvalue weighted by Gasteiger charge is 2.32. The van der Waals surface area contributed by atoms with Crippen LogP contribution in [-0.2, 0) is 24.4 Å². The largest absolute Gasteiger partial charge is 0.480 e. The molecule has 9 nitrogen and oxygen atoms in total. The van der Waals surface area contributed by atoms with E-state index in [1.807, 2.05) is 0 Å². The lowest BCUT2D eigenvalue weighted by molar-refractivity contribution is -0.139. The minimum Gasteiger partial charge on any atom is -0.480 e. The second-order valence-electron chi connectivity index (χ2n) is 5.63. The fourth-order valence-electron chi connectivity index (χ4n) is 2.43. The second kappa shape index (κ2) is 8.19. The highest BCUT2D eigenvalue weighted by molar-refractivity contribution is 7.89. The monoisotopic (exact) mass is 369 g/mol. The molecule has 25 heavy (non-hydrogen) atoms. The average molecular weight is 369 g/mol. The van der Waals surface area contributed by atoms with Crippen LogP contribution in [0.3, 0.4) is 0 Å². The number of carbonyl (C=O) groups is 3. The molecule has 1 aromatic rings.